The number of hydrogen-bond donors (Lipinski definition) is 1. The van der Waals surface area contributed by atoms with Gasteiger partial charge in [-0.2, -0.15) is 0 Å². The molecule has 0 bridgehead atoms. The molecule has 1 N–H and O–H groups in total. The van der Waals surface area contributed by atoms with Crippen LogP contribution in [0.3, 0.4) is 0 Å². The lowest BCUT2D eigenvalue weighted by molar-refractivity contribution is -0.162. The second-order valence-electron chi connectivity index (χ2n) is 5.47. The van der Waals surface area contributed by atoms with Crippen molar-refractivity contribution in [2.45, 2.75) is 38.9 Å². The fourth-order valence-electron chi connectivity index (χ4n) is 1.54. The number of rotatable bonds is 3. The lowest BCUT2D eigenvalue weighted by Gasteiger charge is -2.46. The van der Waals surface area contributed by atoms with Crippen molar-refractivity contribution in [2.75, 3.05) is 19.7 Å². The summed E-state index contributed by atoms with van der Waals surface area (Å²) < 4.78 is 10.4. The standard InChI is InChI=1S/C11H19NO5/c1-10(2,3)17-9(15)12-6-11(4,7-12)16-5-8(13)14/h5-7H2,1-4H3,(H,13,14). The average Bonchev–Trinajstić information content (AvgIpc) is 2.07. The van der Waals surface area contributed by atoms with Crippen molar-refractivity contribution in [2.24, 2.45) is 0 Å². The fraction of sp³-hybridized carbons (Fsp3) is 0.818. The van der Waals surface area contributed by atoms with Gasteiger partial charge in [0, 0.05) is 0 Å². The van der Waals surface area contributed by atoms with E-state index in [1.165, 1.54) is 4.90 Å². The van der Waals surface area contributed by atoms with Gasteiger partial charge in [0.15, 0.2) is 0 Å². The first-order valence-corrected chi connectivity index (χ1v) is 5.45. The zero-order valence-corrected chi connectivity index (χ0v) is 10.6. The summed E-state index contributed by atoms with van der Waals surface area (Å²) in [5.41, 5.74) is -1.10. The van der Waals surface area contributed by atoms with Crippen LogP contribution in [0.4, 0.5) is 4.79 Å². The predicted molar refractivity (Wildman–Crippen MR) is 59.8 cm³/mol. The van der Waals surface area contributed by atoms with Crippen LogP contribution in [0.25, 0.3) is 0 Å². The van der Waals surface area contributed by atoms with Gasteiger partial charge >= 0.3 is 12.1 Å². The number of carboxylic acids is 1. The first kappa shape index (κ1) is 13.8. The van der Waals surface area contributed by atoms with Gasteiger partial charge in [-0.3, -0.25) is 0 Å². The minimum Gasteiger partial charge on any atom is -0.480 e. The van der Waals surface area contributed by atoms with Crippen LogP contribution in [-0.4, -0.2) is 53.0 Å². The molecule has 0 aromatic rings. The Labute approximate surface area is 100 Å². The van der Waals surface area contributed by atoms with Crippen molar-refractivity contribution in [3.63, 3.8) is 0 Å². The third-order valence-electron chi connectivity index (χ3n) is 2.25. The molecule has 0 aromatic carbocycles. The van der Waals surface area contributed by atoms with Crippen LogP contribution < -0.4 is 0 Å². The number of carbonyl (C=O) groups is 2. The van der Waals surface area contributed by atoms with Crippen molar-refractivity contribution in [3.05, 3.63) is 0 Å². The van der Waals surface area contributed by atoms with E-state index in [-0.39, 0.29) is 6.61 Å². The third kappa shape index (κ3) is 4.22. The van der Waals surface area contributed by atoms with Crippen molar-refractivity contribution >= 4 is 12.1 Å². The summed E-state index contributed by atoms with van der Waals surface area (Å²) in [6.07, 6.45) is -0.395. The van der Waals surface area contributed by atoms with Crippen LogP contribution in [0, 0.1) is 0 Å². The van der Waals surface area contributed by atoms with Crippen molar-refractivity contribution in [3.8, 4) is 0 Å². The summed E-state index contributed by atoms with van der Waals surface area (Å²) in [4.78, 5) is 23.5. The minimum absolute atomic E-state index is 0.349. The molecule has 0 aliphatic carbocycles. The van der Waals surface area contributed by atoms with Gasteiger partial charge in [-0.15, -0.1) is 0 Å². The van der Waals surface area contributed by atoms with E-state index >= 15 is 0 Å². The zero-order chi connectivity index (χ0) is 13.3. The number of carboxylic acid groups (broad SMARTS) is 1. The Morgan fingerprint density at radius 3 is 2.29 bits per heavy atom. The largest absolute Gasteiger partial charge is 0.480 e. The molecule has 1 saturated heterocycles. The molecule has 1 aliphatic heterocycles. The van der Waals surface area contributed by atoms with Gasteiger partial charge in [0.25, 0.3) is 0 Å². The Bertz CT molecular complexity index is 314. The molecule has 1 fully saturated rings. The molecule has 6 heteroatoms. The van der Waals surface area contributed by atoms with Gasteiger partial charge in [0.2, 0.25) is 0 Å². The molecule has 0 radical (unpaired) electrons. The van der Waals surface area contributed by atoms with E-state index in [2.05, 4.69) is 0 Å². The minimum atomic E-state index is -1.01. The molecule has 6 nitrogen and oxygen atoms in total. The van der Waals surface area contributed by atoms with Crippen LogP contribution in [0.1, 0.15) is 27.7 Å². The molecule has 17 heavy (non-hydrogen) atoms. The maximum absolute atomic E-state index is 11.6. The van der Waals surface area contributed by atoms with Crippen molar-refractivity contribution in [1.29, 1.82) is 0 Å². The highest BCUT2D eigenvalue weighted by molar-refractivity contribution is 5.70. The summed E-state index contributed by atoms with van der Waals surface area (Å²) in [5.74, 6) is -1.01. The van der Waals surface area contributed by atoms with Gasteiger partial charge in [-0.25, -0.2) is 9.59 Å². The van der Waals surface area contributed by atoms with Gasteiger partial charge < -0.3 is 19.5 Å². The van der Waals surface area contributed by atoms with Gasteiger partial charge in [0.1, 0.15) is 17.8 Å². The Balaban J connectivity index is 2.35. The molecule has 1 aliphatic rings. The molecule has 1 amide bonds. The molecule has 0 saturated carbocycles. The molecule has 0 atom stereocenters. The van der Waals surface area contributed by atoms with Crippen LogP contribution in [0.15, 0.2) is 0 Å². The highest BCUT2D eigenvalue weighted by Crippen LogP contribution is 2.26. The Kier molecular flexibility index (Phi) is 3.66. The normalized spacial score (nSPS) is 18.5. The number of nitrogens with zero attached hydrogens (tertiary/aromatic N) is 1. The van der Waals surface area contributed by atoms with E-state index in [0.717, 1.165) is 0 Å². The molecule has 1 heterocycles. The first-order chi connectivity index (χ1) is 7.61. The number of hydrogen-bond acceptors (Lipinski definition) is 4. The van der Waals surface area contributed by atoms with E-state index in [9.17, 15) is 9.59 Å². The van der Waals surface area contributed by atoms with Crippen LogP contribution in [0.5, 0.6) is 0 Å². The molecular weight excluding hydrogens is 226 g/mol. The van der Waals surface area contributed by atoms with E-state index in [1.807, 2.05) is 0 Å². The van der Waals surface area contributed by atoms with Crippen LogP contribution in [0.2, 0.25) is 0 Å². The topological polar surface area (TPSA) is 76.1 Å². The highest BCUT2D eigenvalue weighted by atomic mass is 16.6. The van der Waals surface area contributed by atoms with Crippen LogP contribution >= 0.6 is 0 Å². The highest BCUT2D eigenvalue weighted by Gasteiger charge is 2.44. The number of likely N-dealkylation sites (tertiary alicyclic amines) is 1. The smallest absolute Gasteiger partial charge is 0.410 e. The van der Waals surface area contributed by atoms with Crippen molar-refractivity contribution in [1.82, 2.24) is 4.90 Å². The van der Waals surface area contributed by atoms with Gasteiger partial charge in [0.05, 0.1) is 13.1 Å². The third-order valence-corrected chi connectivity index (χ3v) is 2.25. The number of ether oxygens (including phenoxy) is 2. The molecule has 0 spiro atoms. The van der Waals surface area contributed by atoms with E-state index in [0.29, 0.717) is 13.1 Å². The van der Waals surface area contributed by atoms with Gasteiger partial charge in [-0.05, 0) is 27.7 Å². The van der Waals surface area contributed by atoms with Crippen molar-refractivity contribution < 1.29 is 24.2 Å². The monoisotopic (exact) mass is 245 g/mol. The number of carbonyl (C=O) groups excluding carboxylic acids is 1. The number of amides is 1. The summed E-state index contributed by atoms with van der Waals surface area (Å²) in [6, 6.07) is 0. The van der Waals surface area contributed by atoms with E-state index < -0.39 is 23.3 Å². The Morgan fingerprint density at radius 2 is 1.88 bits per heavy atom. The van der Waals surface area contributed by atoms with Crippen LogP contribution in [-0.2, 0) is 14.3 Å². The SMILES string of the molecule is CC(C)(C)OC(=O)N1CC(C)(OCC(=O)O)C1. The summed E-state index contributed by atoms with van der Waals surface area (Å²) in [7, 11) is 0. The van der Waals surface area contributed by atoms with Gasteiger partial charge in [-0.1, -0.05) is 0 Å². The quantitative estimate of drug-likeness (QED) is 0.805. The first-order valence-electron chi connectivity index (χ1n) is 5.45. The molecule has 0 aromatic heterocycles. The lowest BCUT2D eigenvalue weighted by atomic mass is 9.97. The molecular formula is C11H19NO5. The fourth-order valence-corrected chi connectivity index (χ4v) is 1.54. The second-order valence-corrected chi connectivity index (χ2v) is 5.47. The average molecular weight is 245 g/mol. The maximum Gasteiger partial charge on any atom is 0.410 e. The predicted octanol–water partition coefficient (Wildman–Crippen LogP) is 1.10. The Morgan fingerprint density at radius 1 is 1.35 bits per heavy atom. The summed E-state index contributed by atoms with van der Waals surface area (Å²) in [6.45, 7) is 7.53. The summed E-state index contributed by atoms with van der Waals surface area (Å²) in [5, 5.41) is 8.49. The summed E-state index contributed by atoms with van der Waals surface area (Å²) >= 11 is 0. The molecule has 1 rings (SSSR count). The van der Waals surface area contributed by atoms with E-state index in [4.69, 9.17) is 14.6 Å². The maximum atomic E-state index is 11.6. The molecule has 0 unspecified atom stereocenters. The lowest BCUT2D eigenvalue weighted by Crippen LogP contribution is -2.64. The second kappa shape index (κ2) is 4.52. The van der Waals surface area contributed by atoms with E-state index in [1.54, 1.807) is 27.7 Å². The molecule has 98 valence electrons. The zero-order valence-electron chi connectivity index (χ0n) is 10.6. The number of aliphatic carboxylic acids is 1. The Hall–Kier alpha value is -1.30.